The number of aromatic nitrogens is 7. The lowest BCUT2D eigenvalue weighted by Gasteiger charge is -2.15. The molecule has 0 aliphatic heterocycles. The first kappa shape index (κ1) is 28.8. The zero-order valence-electron chi connectivity index (χ0n) is 19.9. The molecule has 0 aliphatic rings. The molecule has 18 heteroatoms. The number of aliphatic hydroxyl groups is 1. The number of pyridine rings is 1. The van der Waals surface area contributed by atoms with E-state index in [-0.39, 0.29) is 22.9 Å². The van der Waals surface area contributed by atoms with Crippen LogP contribution in [-0.2, 0) is 13.1 Å². The van der Waals surface area contributed by atoms with Crippen LogP contribution in [-0.4, -0.2) is 70.1 Å². The number of carbonyl (C=O) groups is 1. The van der Waals surface area contributed by atoms with Gasteiger partial charge < -0.3 is 10.4 Å². The van der Waals surface area contributed by atoms with E-state index < -0.39 is 55.4 Å². The summed E-state index contributed by atoms with van der Waals surface area (Å²) in [5.74, 6) is -1.41. The van der Waals surface area contributed by atoms with Crippen molar-refractivity contribution in [3.05, 3.63) is 75.9 Å². The number of aliphatic hydroxyl groups excluding tert-OH is 1. The van der Waals surface area contributed by atoms with Gasteiger partial charge in [0.05, 0.1) is 12.2 Å². The third-order valence-electron chi connectivity index (χ3n) is 5.29. The van der Waals surface area contributed by atoms with Gasteiger partial charge in [-0.1, -0.05) is 11.6 Å². The molecule has 3 aromatic heterocycles. The highest BCUT2D eigenvalue weighted by molar-refractivity contribution is 6.30. The first-order valence-corrected chi connectivity index (χ1v) is 11.5. The lowest BCUT2D eigenvalue weighted by atomic mass is 10.2. The van der Waals surface area contributed by atoms with Crippen LogP contribution in [0.1, 0.15) is 16.3 Å². The third kappa shape index (κ3) is 6.66. The van der Waals surface area contributed by atoms with Crippen LogP contribution in [0.15, 0.2) is 53.7 Å². The fraction of sp³-hybridized carbons (Fsp3) is 0.273. The monoisotopic (exact) mass is 590 g/mol. The highest BCUT2D eigenvalue weighted by Gasteiger charge is 2.39. The summed E-state index contributed by atoms with van der Waals surface area (Å²) >= 11 is 5.87. The molecule has 3 heterocycles. The summed E-state index contributed by atoms with van der Waals surface area (Å²) in [6, 6.07) is 8.45. The van der Waals surface area contributed by atoms with Gasteiger partial charge in [-0.2, -0.15) is 26.3 Å². The highest BCUT2D eigenvalue weighted by atomic mass is 35.5. The molecule has 0 aliphatic carbocycles. The average molecular weight is 591 g/mol. The summed E-state index contributed by atoms with van der Waals surface area (Å²) in [6.45, 7) is -3.18. The lowest BCUT2D eigenvalue weighted by molar-refractivity contribution is -0.207. The Morgan fingerprint density at radius 1 is 1.05 bits per heavy atom. The molecule has 1 aromatic carbocycles. The number of alkyl halides is 6. The number of nitrogens with zero attached hydrogens (tertiary/aromatic N) is 7. The third-order valence-corrected chi connectivity index (χ3v) is 5.54. The summed E-state index contributed by atoms with van der Waals surface area (Å²) in [7, 11) is 0. The number of halogens is 7. The quantitative estimate of drug-likeness (QED) is 0.302. The van der Waals surface area contributed by atoms with E-state index >= 15 is 0 Å². The average Bonchev–Trinajstić information content (AvgIpc) is 3.47. The Bertz CT molecular complexity index is 1560. The van der Waals surface area contributed by atoms with Gasteiger partial charge in [0.2, 0.25) is 0 Å². The summed E-state index contributed by atoms with van der Waals surface area (Å²) in [5, 5.41) is 19.8. The van der Waals surface area contributed by atoms with Crippen LogP contribution in [0.4, 0.5) is 26.3 Å². The number of rotatable bonds is 8. The smallest absolute Gasteiger partial charge is 0.382 e. The Morgan fingerprint density at radius 2 is 1.75 bits per heavy atom. The Labute approximate surface area is 224 Å². The summed E-state index contributed by atoms with van der Waals surface area (Å²) in [4.78, 5) is 33.1. The van der Waals surface area contributed by atoms with Gasteiger partial charge in [-0.3, -0.25) is 9.36 Å². The first-order chi connectivity index (χ1) is 18.7. The minimum Gasteiger partial charge on any atom is -0.382 e. The molecule has 212 valence electrons. The molecule has 1 unspecified atom stereocenters. The predicted octanol–water partition coefficient (Wildman–Crippen LogP) is 2.60. The van der Waals surface area contributed by atoms with Crippen molar-refractivity contribution in [1.29, 1.82) is 0 Å². The van der Waals surface area contributed by atoms with Crippen molar-refractivity contribution in [2.75, 3.05) is 6.54 Å². The maximum absolute atomic E-state index is 13.0. The molecular weight excluding hydrogens is 574 g/mol. The summed E-state index contributed by atoms with van der Waals surface area (Å²) in [6.07, 6.45) is -10.2. The van der Waals surface area contributed by atoms with E-state index in [1.54, 1.807) is 5.32 Å². The second kappa shape index (κ2) is 11.1. The van der Waals surface area contributed by atoms with Gasteiger partial charge >= 0.3 is 18.0 Å². The first-order valence-electron chi connectivity index (χ1n) is 11.1. The fourth-order valence-electron chi connectivity index (χ4n) is 3.44. The van der Waals surface area contributed by atoms with Crippen molar-refractivity contribution in [3.8, 4) is 17.1 Å². The Hall–Kier alpha value is -4.25. The molecule has 0 bridgehead atoms. The Balaban J connectivity index is 1.65. The number of carbonyl (C=O) groups excluding carboxylic acids is 1. The minimum absolute atomic E-state index is 0.0334. The van der Waals surface area contributed by atoms with E-state index in [4.69, 9.17) is 11.6 Å². The molecule has 0 fully saturated rings. The molecule has 0 saturated heterocycles. The SMILES string of the molecule is O=C(NCC(F)(F)F)c1ncccc1-n1cnc(Cn2nc(-c3ccc(Cl)cc3)n(CC(O)C(F)(F)F)c2=O)n1. The van der Waals surface area contributed by atoms with Gasteiger partial charge in [0.1, 0.15) is 19.4 Å². The second-order valence-electron chi connectivity index (χ2n) is 8.21. The number of amides is 1. The van der Waals surface area contributed by atoms with E-state index in [1.807, 2.05) is 0 Å². The van der Waals surface area contributed by atoms with E-state index in [0.29, 0.717) is 9.59 Å². The van der Waals surface area contributed by atoms with E-state index in [1.165, 1.54) is 42.6 Å². The van der Waals surface area contributed by atoms with Crippen LogP contribution in [0.3, 0.4) is 0 Å². The molecule has 40 heavy (non-hydrogen) atoms. The number of hydrogen-bond donors (Lipinski definition) is 2. The van der Waals surface area contributed by atoms with Crippen molar-refractivity contribution in [3.63, 3.8) is 0 Å². The minimum atomic E-state index is -5.01. The number of benzene rings is 1. The number of nitrogens with one attached hydrogen (secondary N) is 1. The fourth-order valence-corrected chi connectivity index (χ4v) is 3.56. The van der Waals surface area contributed by atoms with Crippen LogP contribution in [0.25, 0.3) is 17.1 Å². The predicted molar refractivity (Wildman–Crippen MR) is 126 cm³/mol. The molecule has 1 atom stereocenters. The van der Waals surface area contributed by atoms with Crippen LogP contribution in [0, 0.1) is 0 Å². The van der Waals surface area contributed by atoms with Crippen LogP contribution < -0.4 is 11.0 Å². The molecule has 4 rings (SSSR count). The molecule has 4 aromatic rings. The van der Waals surface area contributed by atoms with Crippen LogP contribution >= 0.6 is 11.6 Å². The van der Waals surface area contributed by atoms with Gasteiger partial charge in [-0.25, -0.2) is 24.1 Å². The van der Waals surface area contributed by atoms with Crippen molar-refractivity contribution in [2.45, 2.75) is 31.5 Å². The van der Waals surface area contributed by atoms with Crippen LogP contribution in [0.2, 0.25) is 5.02 Å². The summed E-state index contributed by atoms with van der Waals surface area (Å²) < 4.78 is 79.1. The second-order valence-corrected chi connectivity index (χ2v) is 8.65. The van der Waals surface area contributed by atoms with Gasteiger partial charge in [0.25, 0.3) is 5.91 Å². The molecule has 2 N–H and O–H groups in total. The highest BCUT2D eigenvalue weighted by Crippen LogP contribution is 2.24. The topological polar surface area (TPSA) is 133 Å². The zero-order valence-corrected chi connectivity index (χ0v) is 20.6. The largest absolute Gasteiger partial charge is 0.416 e. The lowest BCUT2D eigenvalue weighted by Crippen LogP contribution is -2.37. The van der Waals surface area contributed by atoms with Crippen molar-refractivity contribution in [1.82, 2.24) is 39.4 Å². The molecular formula is C22H17ClF6N8O3. The maximum Gasteiger partial charge on any atom is 0.416 e. The molecule has 0 spiro atoms. The van der Waals surface area contributed by atoms with Crippen molar-refractivity contribution >= 4 is 17.5 Å². The molecule has 11 nitrogen and oxygen atoms in total. The standard InChI is InChI=1S/C22H17ClF6N8O3/c23-13-5-3-12(4-6-13)18-34-36(20(40)35(18)8-15(38)22(27,28)29)9-16-32-11-37(33-16)14-2-1-7-30-17(14)19(39)31-10-21(24,25)26/h1-7,11,15,38H,8-10H2,(H,31,39). The summed E-state index contributed by atoms with van der Waals surface area (Å²) in [5.41, 5.74) is -1.21. The van der Waals surface area contributed by atoms with Gasteiger partial charge in [-0.15, -0.1) is 10.2 Å². The zero-order chi connectivity index (χ0) is 29.2. The number of hydrogen-bond acceptors (Lipinski definition) is 7. The van der Waals surface area contributed by atoms with E-state index in [2.05, 4.69) is 20.2 Å². The van der Waals surface area contributed by atoms with Crippen molar-refractivity contribution < 1.29 is 36.2 Å². The van der Waals surface area contributed by atoms with E-state index in [0.717, 1.165) is 15.7 Å². The Kier molecular flexibility index (Phi) is 7.97. The van der Waals surface area contributed by atoms with Crippen LogP contribution in [0.5, 0.6) is 0 Å². The molecule has 0 radical (unpaired) electrons. The van der Waals surface area contributed by atoms with E-state index in [9.17, 15) is 41.0 Å². The molecule has 1 amide bonds. The van der Waals surface area contributed by atoms with Gasteiger partial charge in [0.15, 0.2) is 23.4 Å². The Morgan fingerprint density at radius 3 is 2.40 bits per heavy atom. The molecule has 0 saturated carbocycles. The van der Waals surface area contributed by atoms with Gasteiger partial charge in [-0.05, 0) is 36.4 Å². The normalized spacial score (nSPS) is 12.9. The van der Waals surface area contributed by atoms with Gasteiger partial charge in [0, 0.05) is 16.8 Å². The maximum atomic E-state index is 13.0. The van der Waals surface area contributed by atoms with Crippen molar-refractivity contribution in [2.24, 2.45) is 0 Å².